The average molecular weight is 337 g/mol. The van der Waals surface area contributed by atoms with Crippen molar-refractivity contribution < 1.29 is 14.3 Å². The van der Waals surface area contributed by atoms with Crippen LogP contribution in [0.5, 0.6) is 0 Å². The quantitative estimate of drug-likeness (QED) is 0.929. The average Bonchev–Trinajstić information content (AvgIpc) is 3.35. The number of pyridine rings is 1. The minimum atomic E-state index is -0.396. The van der Waals surface area contributed by atoms with Crippen LogP contribution < -0.4 is 10.6 Å². The minimum Gasteiger partial charge on any atom is -0.447 e. The third kappa shape index (κ3) is 2.73. The highest BCUT2D eigenvalue weighted by atomic mass is 16.6. The Morgan fingerprint density at radius 1 is 1.28 bits per heavy atom. The molecule has 0 unspecified atom stereocenters. The molecular weight excluding hydrogens is 318 g/mol. The number of hydrogen-bond donors (Lipinski definition) is 1. The van der Waals surface area contributed by atoms with Gasteiger partial charge in [-0.3, -0.25) is 9.69 Å². The molecule has 1 aromatic heterocycles. The highest BCUT2D eigenvalue weighted by Gasteiger charge is 2.31. The molecule has 0 bridgehead atoms. The first-order chi connectivity index (χ1) is 12.1. The van der Waals surface area contributed by atoms with Gasteiger partial charge in [-0.05, 0) is 60.6 Å². The van der Waals surface area contributed by atoms with Crippen molar-refractivity contribution in [2.24, 2.45) is 5.73 Å². The van der Waals surface area contributed by atoms with E-state index in [-0.39, 0.29) is 6.09 Å². The summed E-state index contributed by atoms with van der Waals surface area (Å²) in [6.45, 7) is 2.92. The summed E-state index contributed by atoms with van der Waals surface area (Å²) in [5.41, 5.74) is 10.3. The number of carbonyl (C=O) groups is 2. The third-order valence-corrected chi connectivity index (χ3v) is 4.78. The molecule has 1 saturated heterocycles. The van der Waals surface area contributed by atoms with Crippen LogP contribution in [0.25, 0.3) is 11.1 Å². The van der Waals surface area contributed by atoms with Gasteiger partial charge in [0.05, 0.1) is 6.54 Å². The Morgan fingerprint density at radius 3 is 2.64 bits per heavy atom. The van der Waals surface area contributed by atoms with Gasteiger partial charge in [0.15, 0.2) is 0 Å². The van der Waals surface area contributed by atoms with Crippen molar-refractivity contribution in [3.8, 4) is 11.1 Å². The Morgan fingerprint density at radius 2 is 2.08 bits per heavy atom. The molecule has 0 atom stereocenters. The lowest BCUT2D eigenvalue weighted by atomic mass is 9.89. The van der Waals surface area contributed by atoms with Crippen molar-refractivity contribution in [1.82, 2.24) is 4.98 Å². The number of primary amides is 1. The van der Waals surface area contributed by atoms with Gasteiger partial charge in [-0.1, -0.05) is 6.07 Å². The van der Waals surface area contributed by atoms with Crippen LogP contribution in [0.3, 0.4) is 0 Å². The van der Waals surface area contributed by atoms with Gasteiger partial charge in [0.1, 0.15) is 12.4 Å². The summed E-state index contributed by atoms with van der Waals surface area (Å²) in [7, 11) is 0. The zero-order chi connectivity index (χ0) is 17.6. The largest absolute Gasteiger partial charge is 0.447 e. The molecule has 2 N–H and O–H groups in total. The standard InChI is InChI=1S/C19H19N3O3/c1-11-2-6-14(18(20)23)17(12-3-4-12)16(11)13-5-7-15(21-10-13)22-8-9-25-19(22)24/h2,5-7,10,12H,3-4,8-9H2,1H3,(H2,20,23). The van der Waals surface area contributed by atoms with E-state index in [1.165, 1.54) is 4.90 Å². The van der Waals surface area contributed by atoms with Gasteiger partial charge in [-0.15, -0.1) is 0 Å². The molecule has 1 aromatic carbocycles. The van der Waals surface area contributed by atoms with Gasteiger partial charge in [0.2, 0.25) is 5.91 Å². The van der Waals surface area contributed by atoms with Crippen molar-refractivity contribution in [3.63, 3.8) is 0 Å². The van der Waals surface area contributed by atoms with E-state index in [0.717, 1.165) is 35.1 Å². The Hall–Kier alpha value is -2.89. The number of anilines is 1. The second-order valence-electron chi connectivity index (χ2n) is 6.53. The lowest BCUT2D eigenvalue weighted by molar-refractivity contribution is 0.0999. The van der Waals surface area contributed by atoms with Gasteiger partial charge in [0, 0.05) is 17.3 Å². The predicted octanol–water partition coefficient (Wildman–Crippen LogP) is 2.99. The smallest absolute Gasteiger partial charge is 0.415 e. The van der Waals surface area contributed by atoms with Crippen molar-refractivity contribution >= 4 is 17.8 Å². The van der Waals surface area contributed by atoms with E-state index < -0.39 is 5.91 Å². The highest BCUT2D eigenvalue weighted by molar-refractivity contribution is 5.97. The summed E-state index contributed by atoms with van der Waals surface area (Å²) in [5.74, 6) is 0.557. The van der Waals surface area contributed by atoms with Crippen molar-refractivity contribution in [1.29, 1.82) is 0 Å². The second-order valence-corrected chi connectivity index (χ2v) is 6.53. The van der Waals surface area contributed by atoms with E-state index >= 15 is 0 Å². The van der Waals surface area contributed by atoms with Crippen LogP contribution in [0.1, 0.15) is 40.2 Å². The Bertz CT molecular complexity index is 857. The van der Waals surface area contributed by atoms with Crippen LogP contribution in [0, 0.1) is 6.92 Å². The molecule has 2 fully saturated rings. The predicted molar refractivity (Wildman–Crippen MR) is 93.6 cm³/mol. The van der Waals surface area contributed by atoms with Crippen LogP contribution in [0.2, 0.25) is 0 Å². The van der Waals surface area contributed by atoms with Crippen molar-refractivity contribution in [2.75, 3.05) is 18.1 Å². The van der Waals surface area contributed by atoms with E-state index in [1.54, 1.807) is 6.20 Å². The molecular formula is C19H19N3O3. The first kappa shape index (κ1) is 15.6. The van der Waals surface area contributed by atoms with Crippen LogP contribution in [-0.4, -0.2) is 30.1 Å². The third-order valence-electron chi connectivity index (χ3n) is 4.78. The lowest BCUT2D eigenvalue weighted by Crippen LogP contribution is -2.24. The maximum absolute atomic E-state index is 11.9. The number of amides is 2. The minimum absolute atomic E-state index is 0.370. The molecule has 2 amide bonds. The first-order valence-electron chi connectivity index (χ1n) is 8.40. The fraction of sp³-hybridized carbons (Fsp3) is 0.316. The molecule has 128 valence electrons. The molecule has 1 aliphatic heterocycles. The molecule has 2 aromatic rings. The van der Waals surface area contributed by atoms with E-state index in [0.29, 0.717) is 30.5 Å². The van der Waals surface area contributed by atoms with Crippen LogP contribution >= 0.6 is 0 Å². The molecule has 2 heterocycles. The van der Waals surface area contributed by atoms with Gasteiger partial charge < -0.3 is 10.5 Å². The summed E-state index contributed by atoms with van der Waals surface area (Å²) >= 11 is 0. The molecule has 0 spiro atoms. The number of cyclic esters (lactones) is 1. The van der Waals surface area contributed by atoms with E-state index in [1.807, 2.05) is 31.2 Å². The normalized spacial score (nSPS) is 16.8. The number of benzene rings is 1. The van der Waals surface area contributed by atoms with Gasteiger partial charge >= 0.3 is 6.09 Å². The number of rotatable bonds is 4. The maximum Gasteiger partial charge on any atom is 0.415 e. The zero-order valence-electron chi connectivity index (χ0n) is 14.0. The number of aryl methyl sites for hydroxylation is 1. The molecule has 6 heteroatoms. The number of nitrogens with zero attached hydrogens (tertiary/aromatic N) is 2. The topological polar surface area (TPSA) is 85.5 Å². The van der Waals surface area contributed by atoms with Crippen LogP contribution in [-0.2, 0) is 4.74 Å². The lowest BCUT2D eigenvalue weighted by Gasteiger charge is -2.17. The zero-order valence-corrected chi connectivity index (χ0v) is 14.0. The molecule has 1 saturated carbocycles. The number of carbonyl (C=O) groups excluding carboxylic acids is 2. The SMILES string of the molecule is Cc1ccc(C(N)=O)c(C2CC2)c1-c1ccc(N2CCOC2=O)nc1. The van der Waals surface area contributed by atoms with E-state index in [2.05, 4.69) is 4.98 Å². The molecule has 0 radical (unpaired) electrons. The Kier molecular flexibility index (Phi) is 3.67. The van der Waals surface area contributed by atoms with Crippen molar-refractivity contribution in [2.45, 2.75) is 25.7 Å². The Balaban J connectivity index is 1.78. The summed E-state index contributed by atoms with van der Waals surface area (Å²) < 4.78 is 4.95. The van der Waals surface area contributed by atoms with Crippen molar-refractivity contribution in [3.05, 3.63) is 47.2 Å². The summed E-state index contributed by atoms with van der Waals surface area (Å²) in [6, 6.07) is 7.49. The highest BCUT2D eigenvalue weighted by Crippen LogP contribution is 2.47. The molecule has 2 aliphatic rings. The molecule has 1 aliphatic carbocycles. The van der Waals surface area contributed by atoms with Crippen LogP contribution in [0.15, 0.2) is 30.5 Å². The number of nitrogens with two attached hydrogens (primary N) is 1. The number of ether oxygens (including phenoxy) is 1. The second kappa shape index (κ2) is 5.88. The van der Waals surface area contributed by atoms with Crippen LogP contribution in [0.4, 0.5) is 10.6 Å². The van der Waals surface area contributed by atoms with Gasteiger partial charge in [-0.25, -0.2) is 9.78 Å². The van der Waals surface area contributed by atoms with Gasteiger partial charge in [0.25, 0.3) is 0 Å². The molecule has 4 rings (SSSR count). The summed E-state index contributed by atoms with van der Waals surface area (Å²) in [5, 5.41) is 0. The Labute approximate surface area is 145 Å². The maximum atomic E-state index is 11.9. The molecule has 6 nitrogen and oxygen atoms in total. The van der Waals surface area contributed by atoms with Gasteiger partial charge in [-0.2, -0.15) is 0 Å². The first-order valence-corrected chi connectivity index (χ1v) is 8.40. The van der Waals surface area contributed by atoms with E-state index in [4.69, 9.17) is 10.5 Å². The fourth-order valence-corrected chi connectivity index (χ4v) is 3.42. The summed E-state index contributed by atoms with van der Waals surface area (Å²) in [6.07, 6.45) is 3.52. The molecule has 25 heavy (non-hydrogen) atoms. The number of aromatic nitrogens is 1. The fourth-order valence-electron chi connectivity index (χ4n) is 3.42. The monoisotopic (exact) mass is 337 g/mol. The van der Waals surface area contributed by atoms with E-state index in [9.17, 15) is 9.59 Å². The number of hydrogen-bond acceptors (Lipinski definition) is 4. The summed E-state index contributed by atoms with van der Waals surface area (Å²) in [4.78, 5) is 29.5.